The Kier molecular flexibility index (Phi) is 6.49. The average molecular weight is 572 g/mol. The van der Waals surface area contributed by atoms with Gasteiger partial charge in [0.2, 0.25) is 0 Å². The fraction of sp³-hybridized carbons (Fsp3) is 0.273. The zero-order valence-electron chi connectivity index (χ0n) is 18.3. The smallest absolute Gasteiger partial charge is 0.374 e. The first-order valence-corrected chi connectivity index (χ1v) is 10.6. The summed E-state index contributed by atoms with van der Waals surface area (Å²) in [5.41, 5.74) is -9.76. The number of carbonyl (C=O) groups is 2. The Morgan fingerprint density at radius 2 is 1.66 bits per heavy atom. The predicted octanol–water partition coefficient (Wildman–Crippen LogP) is 5.97. The van der Waals surface area contributed by atoms with E-state index in [9.17, 15) is 49.1 Å². The molecule has 0 N–H and O–H groups in total. The summed E-state index contributed by atoms with van der Waals surface area (Å²) in [5.74, 6) is -2.02. The fourth-order valence-electron chi connectivity index (χ4n) is 3.83. The zero-order valence-corrected chi connectivity index (χ0v) is 19.1. The maximum atomic E-state index is 14.2. The Bertz CT molecular complexity index is 1380. The average Bonchev–Trinajstić information content (AvgIpc) is 3.44. The predicted molar refractivity (Wildman–Crippen MR) is 112 cm³/mol. The molecule has 0 radical (unpaired) electrons. The summed E-state index contributed by atoms with van der Waals surface area (Å²) < 4.78 is 124. The summed E-state index contributed by atoms with van der Waals surface area (Å²) in [6.07, 6.45) is -16.2. The third-order valence-electron chi connectivity index (χ3n) is 5.67. The van der Waals surface area contributed by atoms with Gasteiger partial charge in [-0.2, -0.15) is 39.5 Å². The summed E-state index contributed by atoms with van der Waals surface area (Å²) in [7, 11) is 0. The van der Waals surface area contributed by atoms with Crippen molar-refractivity contribution >= 4 is 35.5 Å². The first kappa shape index (κ1) is 27.4. The quantitative estimate of drug-likeness (QED) is 0.426. The van der Waals surface area contributed by atoms with Crippen LogP contribution in [-0.4, -0.2) is 41.5 Å². The summed E-state index contributed by atoms with van der Waals surface area (Å²) in [4.78, 5) is 32.3. The van der Waals surface area contributed by atoms with E-state index in [0.717, 1.165) is 12.4 Å². The molecule has 0 spiro atoms. The van der Waals surface area contributed by atoms with Crippen molar-refractivity contribution in [3.63, 3.8) is 0 Å². The van der Waals surface area contributed by atoms with Crippen LogP contribution in [0.2, 0.25) is 5.02 Å². The van der Waals surface area contributed by atoms with E-state index in [1.54, 1.807) is 0 Å². The van der Waals surface area contributed by atoms with E-state index in [1.807, 2.05) is 0 Å². The van der Waals surface area contributed by atoms with Crippen molar-refractivity contribution in [1.82, 2.24) is 4.90 Å². The lowest BCUT2D eigenvalue weighted by Crippen LogP contribution is -2.43. The molecule has 0 saturated heterocycles. The van der Waals surface area contributed by atoms with Gasteiger partial charge in [-0.05, 0) is 30.3 Å². The van der Waals surface area contributed by atoms with E-state index >= 15 is 0 Å². The molecule has 0 bridgehead atoms. The van der Waals surface area contributed by atoms with Crippen molar-refractivity contribution in [3.05, 3.63) is 69.2 Å². The topological polar surface area (TPSA) is 71.3 Å². The summed E-state index contributed by atoms with van der Waals surface area (Å²) in [5, 5.41) is 2.56. The molecular formula is C22H11ClF9N3O3. The minimum atomic E-state index is -5.38. The molecule has 2 aromatic carbocycles. The second-order valence-corrected chi connectivity index (χ2v) is 8.62. The number of hydrogen-bond donors (Lipinski definition) is 0. The molecule has 2 aliphatic rings. The molecule has 2 aromatic rings. The highest BCUT2D eigenvalue weighted by Gasteiger charge is 2.62. The molecule has 16 heteroatoms. The van der Waals surface area contributed by atoms with Crippen LogP contribution in [0, 0.1) is 0 Å². The minimum Gasteiger partial charge on any atom is -0.374 e. The number of halogens is 10. The number of benzene rings is 2. The van der Waals surface area contributed by atoms with Crippen LogP contribution in [0.3, 0.4) is 0 Å². The van der Waals surface area contributed by atoms with E-state index in [2.05, 4.69) is 15.0 Å². The number of nitrogens with zero attached hydrogens (tertiary/aromatic N) is 3. The van der Waals surface area contributed by atoms with Gasteiger partial charge in [0.25, 0.3) is 17.4 Å². The van der Waals surface area contributed by atoms with Gasteiger partial charge >= 0.3 is 18.5 Å². The first-order chi connectivity index (χ1) is 17.4. The molecule has 2 amide bonds. The van der Waals surface area contributed by atoms with Gasteiger partial charge < -0.3 is 4.84 Å². The number of alkyl halides is 9. The molecule has 0 aromatic heterocycles. The zero-order chi connectivity index (χ0) is 28.3. The van der Waals surface area contributed by atoms with Crippen LogP contribution >= 0.6 is 11.6 Å². The third-order valence-corrected chi connectivity index (χ3v) is 5.89. The van der Waals surface area contributed by atoms with Crippen LogP contribution < -0.4 is 0 Å². The molecule has 0 aliphatic carbocycles. The SMILES string of the molecule is O=C1CN(C(=O)c2ccc(C3=NOC(c4cc(Cl)cc(C(F)(F)F)c4)(C(F)(F)F)C3)cc2C(F)(F)F)C=N1. The van der Waals surface area contributed by atoms with Crippen molar-refractivity contribution in [2.75, 3.05) is 6.54 Å². The largest absolute Gasteiger partial charge is 0.435 e. The second kappa shape index (κ2) is 8.99. The van der Waals surface area contributed by atoms with Crippen LogP contribution in [0.5, 0.6) is 0 Å². The molecular weight excluding hydrogens is 561 g/mol. The van der Waals surface area contributed by atoms with Crippen LogP contribution in [-0.2, 0) is 27.6 Å². The Labute approximate surface area is 211 Å². The highest BCUT2D eigenvalue weighted by molar-refractivity contribution is 6.30. The van der Waals surface area contributed by atoms with E-state index in [4.69, 9.17) is 11.6 Å². The lowest BCUT2D eigenvalue weighted by atomic mass is 9.85. The molecule has 202 valence electrons. The summed E-state index contributed by atoms with van der Waals surface area (Å²) in [6, 6.07) is 3.05. The Hall–Kier alpha value is -3.62. The number of aliphatic imine (C=N–C) groups is 1. The lowest BCUT2D eigenvalue weighted by molar-refractivity contribution is -0.276. The molecule has 1 unspecified atom stereocenters. The molecule has 4 rings (SSSR count). The van der Waals surface area contributed by atoms with Crippen molar-refractivity contribution < 1.29 is 53.9 Å². The Balaban J connectivity index is 1.75. The number of oxime groups is 1. The lowest BCUT2D eigenvalue weighted by Gasteiger charge is -2.30. The van der Waals surface area contributed by atoms with Crippen molar-refractivity contribution in [2.24, 2.45) is 10.1 Å². The maximum absolute atomic E-state index is 14.2. The molecule has 0 saturated carbocycles. The Morgan fingerprint density at radius 3 is 2.21 bits per heavy atom. The van der Waals surface area contributed by atoms with Crippen molar-refractivity contribution in [1.29, 1.82) is 0 Å². The minimum absolute atomic E-state index is 0.166. The van der Waals surface area contributed by atoms with Gasteiger partial charge in [0, 0.05) is 22.6 Å². The molecule has 6 nitrogen and oxygen atoms in total. The second-order valence-electron chi connectivity index (χ2n) is 8.19. The molecule has 2 aliphatic heterocycles. The van der Waals surface area contributed by atoms with Gasteiger partial charge in [0.05, 0.1) is 22.4 Å². The van der Waals surface area contributed by atoms with Crippen LogP contribution in [0.25, 0.3) is 0 Å². The van der Waals surface area contributed by atoms with Gasteiger partial charge in [-0.3, -0.25) is 14.5 Å². The monoisotopic (exact) mass is 571 g/mol. The van der Waals surface area contributed by atoms with Gasteiger partial charge in [0.1, 0.15) is 12.9 Å². The van der Waals surface area contributed by atoms with E-state index < -0.39 is 87.5 Å². The molecule has 2 heterocycles. The van der Waals surface area contributed by atoms with E-state index in [1.165, 1.54) is 0 Å². The van der Waals surface area contributed by atoms with Crippen LogP contribution in [0.1, 0.15) is 39.0 Å². The highest BCUT2D eigenvalue weighted by Crippen LogP contribution is 2.50. The highest BCUT2D eigenvalue weighted by atomic mass is 35.5. The van der Waals surface area contributed by atoms with Gasteiger partial charge in [-0.1, -0.05) is 22.8 Å². The van der Waals surface area contributed by atoms with E-state index in [-0.39, 0.29) is 6.07 Å². The maximum Gasteiger partial charge on any atom is 0.435 e. The Morgan fingerprint density at radius 1 is 0.974 bits per heavy atom. The van der Waals surface area contributed by atoms with Crippen molar-refractivity contribution in [3.8, 4) is 0 Å². The number of amides is 2. The standard InChI is InChI=1S/C22H11ClF9N3O3/c23-13-5-11(4-12(6-13)20(24,25)26)19(22(30,31)32)7-16(34-38-19)10-1-2-14(15(3-10)21(27,28)29)18(37)35-8-17(36)33-9-35/h1-6,9H,7-8H2. The molecule has 1 atom stereocenters. The molecule has 0 fully saturated rings. The van der Waals surface area contributed by atoms with Crippen LogP contribution in [0.15, 0.2) is 46.5 Å². The van der Waals surface area contributed by atoms with Gasteiger partial charge in [0.15, 0.2) is 0 Å². The number of rotatable bonds is 3. The summed E-state index contributed by atoms with van der Waals surface area (Å²) >= 11 is 5.63. The third kappa shape index (κ3) is 4.93. The summed E-state index contributed by atoms with van der Waals surface area (Å²) in [6.45, 7) is -0.605. The van der Waals surface area contributed by atoms with Crippen LogP contribution in [0.4, 0.5) is 39.5 Å². The first-order valence-electron chi connectivity index (χ1n) is 10.2. The van der Waals surface area contributed by atoms with Gasteiger partial charge in [-0.25, -0.2) is 4.99 Å². The number of hydrogen-bond acceptors (Lipinski definition) is 4. The van der Waals surface area contributed by atoms with Crippen molar-refractivity contribution in [2.45, 2.75) is 30.6 Å². The normalized spacial score (nSPS) is 20.1. The van der Waals surface area contributed by atoms with E-state index in [0.29, 0.717) is 29.2 Å². The van der Waals surface area contributed by atoms with Gasteiger partial charge in [-0.15, -0.1) is 0 Å². The fourth-order valence-corrected chi connectivity index (χ4v) is 4.07. The molecule has 38 heavy (non-hydrogen) atoms. The number of carbonyl (C=O) groups excluding carboxylic acids is 2.